The predicted molar refractivity (Wildman–Crippen MR) is 163 cm³/mol. The molecule has 1 amide bonds. The van der Waals surface area contributed by atoms with Crippen LogP contribution in [0, 0.1) is 0 Å². The lowest BCUT2D eigenvalue weighted by Crippen LogP contribution is -2.39. The Kier molecular flexibility index (Phi) is 9.12. The first kappa shape index (κ1) is 29.7. The van der Waals surface area contributed by atoms with Gasteiger partial charge in [0.2, 0.25) is 0 Å². The average molecular weight is 662 g/mol. The van der Waals surface area contributed by atoms with Gasteiger partial charge in [0.15, 0.2) is 29.7 Å². The summed E-state index contributed by atoms with van der Waals surface area (Å²) in [5.74, 6) is 0.109. The molecule has 1 heterocycles. The van der Waals surface area contributed by atoms with Crippen molar-refractivity contribution in [2.45, 2.75) is 58.3 Å². The van der Waals surface area contributed by atoms with Crippen LogP contribution in [0.1, 0.15) is 63.9 Å². The minimum absolute atomic E-state index is 0.0907. The van der Waals surface area contributed by atoms with Gasteiger partial charge in [-0.1, -0.05) is 23.2 Å². The Hall–Kier alpha value is -2.81. The topological polar surface area (TPSA) is 84.9 Å². The SMILES string of the molecule is CCOc1cc(C2C3=C(CCCC3=O)N(CC)C3=C2C(=O)CCC3)cc(Br)c1OCC(=O)Nc1ccc(Cl)c(Cl)c1. The van der Waals surface area contributed by atoms with E-state index in [9.17, 15) is 14.4 Å². The minimum atomic E-state index is -0.467. The molecule has 216 valence electrons. The number of nitrogens with one attached hydrogen (secondary N) is 1. The smallest absolute Gasteiger partial charge is 0.262 e. The van der Waals surface area contributed by atoms with E-state index in [4.69, 9.17) is 32.7 Å². The highest BCUT2D eigenvalue weighted by Crippen LogP contribution is 2.51. The van der Waals surface area contributed by atoms with Crippen molar-refractivity contribution in [3.05, 3.63) is 73.0 Å². The number of benzene rings is 2. The number of hydrogen-bond donors (Lipinski definition) is 1. The molecule has 2 aliphatic carbocycles. The van der Waals surface area contributed by atoms with Crippen LogP contribution in [0.25, 0.3) is 0 Å². The number of Topliss-reactive ketones (excluding diaryl/α,β-unsaturated/α-hetero) is 2. The average Bonchev–Trinajstić information content (AvgIpc) is 2.94. The second-order valence-corrected chi connectivity index (χ2v) is 11.8. The quantitative estimate of drug-likeness (QED) is 0.314. The highest BCUT2D eigenvalue weighted by molar-refractivity contribution is 9.10. The Labute approximate surface area is 258 Å². The van der Waals surface area contributed by atoms with Gasteiger partial charge in [-0.05, 0) is 91.4 Å². The summed E-state index contributed by atoms with van der Waals surface area (Å²) < 4.78 is 12.5. The van der Waals surface area contributed by atoms with Crippen LogP contribution < -0.4 is 14.8 Å². The fourth-order valence-corrected chi connectivity index (χ4v) is 6.87. The van der Waals surface area contributed by atoms with Gasteiger partial charge in [0, 0.05) is 53.5 Å². The number of ether oxygens (including phenoxy) is 2. The molecule has 0 spiro atoms. The maximum absolute atomic E-state index is 13.4. The van der Waals surface area contributed by atoms with Crippen molar-refractivity contribution in [1.29, 1.82) is 0 Å². The first-order valence-corrected chi connectivity index (χ1v) is 15.4. The summed E-state index contributed by atoms with van der Waals surface area (Å²) in [6.45, 7) is 4.72. The molecule has 0 saturated heterocycles. The van der Waals surface area contributed by atoms with Crippen LogP contribution in [0.2, 0.25) is 10.0 Å². The number of rotatable bonds is 8. The lowest BCUT2D eigenvalue weighted by molar-refractivity contribution is -0.118. The number of halogens is 3. The fourth-order valence-electron chi connectivity index (χ4n) is 6.00. The van der Waals surface area contributed by atoms with Crippen molar-refractivity contribution in [1.82, 2.24) is 4.90 Å². The Morgan fingerprint density at radius 3 is 2.20 bits per heavy atom. The number of hydrogen-bond acceptors (Lipinski definition) is 6. The van der Waals surface area contributed by atoms with E-state index < -0.39 is 5.92 Å². The Morgan fingerprint density at radius 2 is 1.61 bits per heavy atom. The van der Waals surface area contributed by atoms with E-state index in [2.05, 4.69) is 33.1 Å². The van der Waals surface area contributed by atoms with Gasteiger partial charge in [-0.3, -0.25) is 14.4 Å². The van der Waals surface area contributed by atoms with E-state index in [-0.39, 0.29) is 24.1 Å². The normalized spacial score (nSPS) is 17.4. The molecule has 0 radical (unpaired) electrons. The number of carbonyl (C=O) groups excluding carboxylic acids is 3. The molecule has 0 unspecified atom stereocenters. The van der Waals surface area contributed by atoms with Crippen LogP contribution in [0.15, 0.2) is 57.3 Å². The first-order valence-electron chi connectivity index (χ1n) is 13.9. The summed E-state index contributed by atoms with van der Waals surface area (Å²) >= 11 is 15.6. The predicted octanol–water partition coefficient (Wildman–Crippen LogP) is 7.61. The molecule has 0 atom stereocenters. The van der Waals surface area contributed by atoms with Gasteiger partial charge in [-0.2, -0.15) is 0 Å². The van der Waals surface area contributed by atoms with Gasteiger partial charge in [-0.15, -0.1) is 0 Å². The summed E-state index contributed by atoms with van der Waals surface area (Å²) in [6, 6.07) is 8.53. The molecule has 2 aromatic carbocycles. The third kappa shape index (κ3) is 5.92. The van der Waals surface area contributed by atoms with E-state index in [1.807, 2.05) is 19.1 Å². The van der Waals surface area contributed by atoms with Crippen LogP contribution in [0.3, 0.4) is 0 Å². The van der Waals surface area contributed by atoms with Crippen molar-refractivity contribution >= 4 is 62.3 Å². The maximum Gasteiger partial charge on any atom is 0.262 e. The van der Waals surface area contributed by atoms with Crippen LogP contribution in [-0.2, 0) is 14.4 Å². The molecule has 41 heavy (non-hydrogen) atoms. The molecule has 0 aromatic heterocycles. The molecule has 10 heteroatoms. The Morgan fingerprint density at radius 1 is 0.951 bits per heavy atom. The third-order valence-electron chi connectivity index (χ3n) is 7.62. The molecule has 5 rings (SSSR count). The highest BCUT2D eigenvalue weighted by Gasteiger charge is 2.43. The second-order valence-electron chi connectivity index (χ2n) is 10.2. The Balaban J connectivity index is 1.49. The van der Waals surface area contributed by atoms with E-state index in [1.165, 1.54) is 0 Å². The van der Waals surface area contributed by atoms with Crippen molar-refractivity contribution in [3.63, 3.8) is 0 Å². The zero-order chi connectivity index (χ0) is 29.3. The van der Waals surface area contributed by atoms with Gasteiger partial charge >= 0.3 is 0 Å². The van der Waals surface area contributed by atoms with Gasteiger partial charge in [-0.25, -0.2) is 0 Å². The van der Waals surface area contributed by atoms with Crippen molar-refractivity contribution in [2.75, 3.05) is 25.1 Å². The monoisotopic (exact) mass is 660 g/mol. The second kappa shape index (κ2) is 12.6. The highest BCUT2D eigenvalue weighted by atomic mass is 79.9. The Bertz CT molecular complexity index is 1440. The lowest BCUT2D eigenvalue weighted by Gasteiger charge is -2.43. The van der Waals surface area contributed by atoms with E-state index in [0.29, 0.717) is 51.2 Å². The van der Waals surface area contributed by atoms with Crippen molar-refractivity contribution in [3.8, 4) is 11.5 Å². The van der Waals surface area contributed by atoms with Gasteiger partial charge < -0.3 is 19.7 Å². The largest absolute Gasteiger partial charge is 0.490 e. The number of carbonyl (C=O) groups is 3. The molecule has 0 fully saturated rings. The van der Waals surface area contributed by atoms with E-state index in [1.54, 1.807) is 18.2 Å². The summed E-state index contributed by atoms with van der Waals surface area (Å²) in [5.41, 5.74) is 4.79. The van der Waals surface area contributed by atoms with Gasteiger partial charge in [0.1, 0.15) is 0 Å². The molecule has 0 saturated carbocycles. The zero-order valence-corrected chi connectivity index (χ0v) is 26.0. The summed E-state index contributed by atoms with van der Waals surface area (Å²) in [4.78, 5) is 41.7. The van der Waals surface area contributed by atoms with Crippen LogP contribution in [0.4, 0.5) is 5.69 Å². The molecule has 0 bridgehead atoms. The summed E-state index contributed by atoms with van der Waals surface area (Å²) in [5, 5.41) is 3.46. The molecule has 2 aromatic rings. The first-order chi connectivity index (χ1) is 19.7. The zero-order valence-electron chi connectivity index (χ0n) is 23.0. The van der Waals surface area contributed by atoms with Gasteiger partial charge in [0.25, 0.3) is 5.91 Å². The lowest BCUT2D eigenvalue weighted by atomic mass is 9.71. The van der Waals surface area contributed by atoms with E-state index in [0.717, 1.165) is 60.3 Å². The number of allylic oxidation sites excluding steroid dienone is 4. The minimum Gasteiger partial charge on any atom is -0.490 e. The molecule has 1 aliphatic heterocycles. The van der Waals surface area contributed by atoms with Crippen molar-refractivity contribution in [2.24, 2.45) is 0 Å². The molecule has 3 aliphatic rings. The number of ketones is 2. The van der Waals surface area contributed by atoms with E-state index >= 15 is 0 Å². The standard InChI is InChI=1S/C31H31BrCl2N2O5/c1-3-36-22-7-5-9-24(37)29(22)28(30-23(36)8-6-10-25(30)38)17-13-19(32)31(26(14-17)40-4-2)41-16-27(39)35-18-11-12-20(33)21(34)15-18/h11-15,28H,3-10,16H2,1-2H3,(H,35,39). The summed E-state index contributed by atoms with van der Waals surface area (Å²) in [6.07, 6.45) is 4.18. The van der Waals surface area contributed by atoms with Crippen LogP contribution >= 0.6 is 39.1 Å². The number of amides is 1. The molecular weight excluding hydrogens is 631 g/mol. The van der Waals surface area contributed by atoms with Crippen LogP contribution in [0.5, 0.6) is 11.5 Å². The maximum atomic E-state index is 13.4. The van der Waals surface area contributed by atoms with Gasteiger partial charge in [0.05, 0.1) is 21.1 Å². The molecule has 7 nitrogen and oxygen atoms in total. The molecular formula is C31H31BrCl2N2O5. The number of nitrogens with zero attached hydrogens (tertiary/aromatic N) is 1. The van der Waals surface area contributed by atoms with Crippen molar-refractivity contribution < 1.29 is 23.9 Å². The summed E-state index contributed by atoms with van der Waals surface area (Å²) in [7, 11) is 0. The third-order valence-corrected chi connectivity index (χ3v) is 8.95. The van der Waals surface area contributed by atoms with Crippen LogP contribution in [-0.4, -0.2) is 42.1 Å². The number of anilines is 1. The molecule has 1 N–H and O–H groups in total. The fraction of sp³-hybridized carbons (Fsp3) is 0.387.